The molecule has 0 unspecified atom stereocenters. The summed E-state index contributed by atoms with van der Waals surface area (Å²) in [5, 5.41) is 9.23. The van der Waals surface area contributed by atoms with E-state index in [9.17, 15) is 14.4 Å². The number of anilines is 1. The number of fused-ring (bicyclic) bond motifs is 3. The van der Waals surface area contributed by atoms with Gasteiger partial charge in [-0.3, -0.25) is 19.4 Å². The van der Waals surface area contributed by atoms with Crippen LogP contribution in [0.3, 0.4) is 0 Å². The SMILES string of the molecule is COc1cc2c(c(OC)c1OC)-c1ccc(NCCCCCC(=O)NCc3ccncc3)c(=O)cc1[C@H](NC(C)=O)CC2. The van der Waals surface area contributed by atoms with Crippen molar-refractivity contribution in [2.45, 2.75) is 58.0 Å². The van der Waals surface area contributed by atoms with Crippen molar-refractivity contribution in [3.8, 4) is 28.4 Å². The lowest BCUT2D eigenvalue weighted by molar-refractivity contribution is -0.121. The molecule has 10 nitrogen and oxygen atoms in total. The Morgan fingerprint density at radius 3 is 2.42 bits per heavy atom. The molecule has 1 aliphatic rings. The van der Waals surface area contributed by atoms with Gasteiger partial charge in [0.15, 0.2) is 11.5 Å². The Morgan fingerprint density at radius 1 is 0.953 bits per heavy atom. The topological polar surface area (TPSA) is 128 Å². The number of hydrogen-bond acceptors (Lipinski definition) is 8. The van der Waals surface area contributed by atoms with Crippen LogP contribution < -0.4 is 35.6 Å². The molecule has 228 valence electrons. The van der Waals surface area contributed by atoms with Crippen LogP contribution in [0.2, 0.25) is 0 Å². The van der Waals surface area contributed by atoms with E-state index < -0.39 is 0 Å². The molecule has 1 heterocycles. The summed E-state index contributed by atoms with van der Waals surface area (Å²) in [6.45, 7) is 2.55. The summed E-state index contributed by atoms with van der Waals surface area (Å²) in [6, 6.07) is 10.6. The molecule has 0 spiro atoms. The average Bonchev–Trinajstić information content (AvgIpc) is 3.25. The molecule has 43 heavy (non-hydrogen) atoms. The van der Waals surface area contributed by atoms with Gasteiger partial charge in [0.2, 0.25) is 23.0 Å². The van der Waals surface area contributed by atoms with Crippen LogP contribution in [-0.2, 0) is 22.6 Å². The largest absolute Gasteiger partial charge is 0.493 e. The lowest BCUT2D eigenvalue weighted by Gasteiger charge is -2.19. The first-order chi connectivity index (χ1) is 20.9. The minimum atomic E-state index is -0.362. The van der Waals surface area contributed by atoms with Gasteiger partial charge in [-0.05, 0) is 78.3 Å². The fourth-order valence-corrected chi connectivity index (χ4v) is 5.45. The number of aromatic nitrogens is 1. The van der Waals surface area contributed by atoms with Gasteiger partial charge in [0.1, 0.15) is 0 Å². The van der Waals surface area contributed by atoms with Crippen LogP contribution in [0.15, 0.2) is 53.6 Å². The fourth-order valence-electron chi connectivity index (χ4n) is 5.45. The summed E-state index contributed by atoms with van der Waals surface area (Å²) in [5.41, 5.74) is 4.59. The lowest BCUT2D eigenvalue weighted by atomic mass is 9.95. The normalized spacial score (nSPS) is 13.5. The molecule has 3 aromatic rings. The van der Waals surface area contributed by atoms with Gasteiger partial charge in [0.25, 0.3) is 0 Å². The van der Waals surface area contributed by atoms with Crippen molar-refractivity contribution in [3.63, 3.8) is 0 Å². The zero-order chi connectivity index (χ0) is 30.8. The molecule has 2 amide bonds. The number of rotatable bonds is 13. The van der Waals surface area contributed by atoms with Crippen LogP contribution in [0.1, 0.15) is 61.8 Å². The summed E-state index contributed by atoms with van der Waals surface area (Å²) in [7, 11) is 4.71. The van der Waals surface area contributed by atoms with Gasteiger partial charge < -0.3 is 30.2 Å². The molecule has 1 atom stereocenters. The molecule has 0 saturated heterocycles. The molecular formula is C33H40N4O6. The monoisotopic (exact) mass is 588 g/mol. The van der Waals surface area contributed by atoms with Crippen molar-refractivity contribution in [1.29, 1.82) is 0 Å². The molecule has 1 aliphatic carbocycles. The molecule has 10 heteroatoms. The highest BCUT2D eigenvalue weighted by Gasteiger charge is 2.29. The number of nitrogens with one attached hydrogen (secondary N) is 3. The molecule has 0 radical (unpaired) electrons. The predicted octanol–water partition coefficient (Wildman–Crippen LogP) is 4.55. The third-order valence-electron chi connectivity index (χ3n) is 7.55. The highest BCUT2D eigenvalue weighted by Crippen LogP contribution is 2.50. The highest BCUT2D eigenvalue weighted by molar-refractivity contribution is 5.83. The van der Waals surface area contributed by atoms with E-state index in [4.69, 9.17) is 14.2 Å². The number of ether oxygens (including phenoxy) is 3. The molecule has 0 fully saturated rings. The van der Waals surface area contributed by atoms with Gasteiger partial charge in [0, 0.05) is 44.4 Å². The zero-order valence-electron chi connectivity index (χ0n) is 25.2. The maximum absolute atomic E-state index is 13.4. The number of unbranched alkanes of at least 4 members (excludes halogenated alkanes) is 2. The number of carbonyl (C=O) groups is 2. The van der Waals surface area contributed by atoms with Crippen molar-refractivity contribution < 1.29 is 23.8 Å². The molecule has 2 aromatic carbocycles. The standard InChI is InChI=1S/C33H40N4O6/c1-21(38)37-26-11-9-23-18-29(41-2)32(42-3)33(43-4)31(23)24-10-12-27(28(39)19-25(24)26)35-15-7-5-6-8-30(40)36-20-22-13-16-34-17-14-22/h10,12-14,16-19,26H,5-9,11,15,20H2,1-4H3,(H,35,39)(H,36,40)(H,37,38)/t26-/m1/s1. The fraction of sp³-hybridized carbons (Fsp3) is 0.394. The summed E-state index contributed by atoms with van der Waals surface area (Å²) >= 11 is 0. The zero-order valence-corrected chi connectivity index (χ0v) is 25.2. The van der Waals surface area contributed by atoms with Crippen molar-refractivity contribution in [1.82, 2.24) is 15.6 Å². The Bertz CT molecular complexity index is 1500. The number of methoxy groups -OCH3 is 3. The lowest BCUT2D eigenvalue weighted by Crippen LogP contribution is -2.26. The van der Waals surface area contributed by atoms with E-state index in [0.29, 0.717) is 55.3 Å². The van der Waals surface area contributed by atoms with Gasteiger partial charge >= 0.3 is 0 Å². The number of carbonyl (C=O) groups excluding carboxylic acids is 2. The maximum Gasteiger partial charge on any atom is 0.220 e. The maximum atomic E-state index is 13.4. The van der Waals surface area contributed by atoms with Crippen molar-refractivity contribution >= 4 is 17.5 Å². The number of nitrogens with zero attached hydrogens (tertiary/aromatic N) is 1. The number of pyridine rings is 1. The summed E-state index contributed by atoms with van der Waals surface area (Å²) in [5.74, 6) is 1.37. The van der Waals surface area contributed by atoms with Crippen LogP contribution in [-0.4, -0.2) is 44.7 Å². The second kappa shape index (κ2) is 15.0. The van der Waals surface area contributed by atoms with E-state index in [0.717, 1.165) is 47.1 Å². The second-order valence-corrected chi connectivity index (χ2v) is 10.5. The van der Waals surface area contributed by atoms with E-state index >= 15 is 0 Å². The first-order valence-electron chi connectivity index (χ1n) is 14.5. The van der Waals surface area contributed by atoms with E-state index in [-0.39, 0.29) is 23.3 Å². The van der Waals surface area contributed by atoms with E-state index in [1.54, 1.807) is 45.9 Å². The van der Waals surface area contributed by atoms with Gasteiger partial charge in [-0.15, -0.1) is 0 Å². The second-order valence-electron chi connectivity index (χ2n) is 10.5. The number of hydrogen-bond donors (Lipinski definition) is 3. The summed E-state index contributed by atoms with van der Waals surface area (Å²) in [4.78, 5) is 41.7. The first kappa shape index (κ1) is 31.3. The quantitative estimate of drug-likeness (QED) is 0.248. The first-order valence-corrected chi connectivity index (χ1v) is 14.5. The van der Waals surface area contributed by atoms with Gasteiger partial charge in [-0.25, -0.2) is 0 Å². The van der Waals surface area contributed by atoms with Crippen molar-refractivity contribution in [2.75, 3.05) is 33.2 Å². The van der Waals surface area contributed by atoms with Gasteiger partial charge in [0.05, 0.1) is 33.1 Å². The third kappa shape index (κ3) is 7.82. The highest BCUT2D eigenvalue weighted by atomic mass is 16.5. The van der Waals surface area contributed by atoms with Crippen molar-refractivity contribution in [2.24, 2.45) is 0 Å². The minimum Gasteiger partial charge on any atom is -0.493 e. The summed E-state index contributed by atoms with van der Waals surface area (Å²) in [6.07, 6.45) is 7.49. The number of benzene rings is 1. The molecule has 3 N–H and O–H groups in total. The molecular weight excluding hydrogens is 548 g/mol. The number of aryl methyl sites for hydroxylation is 1. The Morgan fingerprint density at radius 2 is 1.72 bits per heavy atom. The Kier molecular flexibility index (Phi) is 11.0. The minimum absolute atomic E-state index is 0.0156. The summed E-state index contributed by atoms with van der Waals surface area (Å²) < 4.78 is 17.1. The molecule has 0 saturated carbocycles. The van der Waals surface area contributed by atoms with E-state index in [1.807, 2.05) is 24.3 Å². The van der Waals surface area contributed by atoms with Crippen LogP contribution in [0.25, 0.3) is 11.1 Å². The van der Waals surface area contributed by atoms with E-state index in [1.165, 1.54) is 6.92 Å². The Labute approximate surface area is 252 Å². The molecule has 4 rings (SSSR count). The average molecular weight is 589 g/mol. The van der Waals surface area contributed by atoms with Crippen LogP contribution in [0, 0.1) is 0 Å². The molecule has 0 bridgehead atoms. The Hall–Kier alpha value is -4.60. The van der Waals surface area contributed by atoms with Crippen LogP contribution >= 0.6 is 0 Å². The third-order valence-corrected chi connectivity index (χ3v) is 7.55. The molecule has 1 aromatic heterocycles. The molecule has 0 aliphatic heterocycles. The van der Waals surface area contributed by atoms with E-state index in [2.05, 4.69) is 20.9 Å². The van der Waals surface area contributed by atoms with Crippen LogP contribution in [0.5, 0.6) is 17.2 Å². The predicted molar refractivity (Wildman–Crippen MR) is 166 cm³/mol. The van der Waals surface area contributed by atoms with Gasteiger partial charge in [-0.1, -0.05) is 12.5 Å². The van der Waals surface area contributed by atoms with Crippen molar-refractivity contribution in [3.05, 3.63) is 75.7 Å². The number of amides is 2. The van der Waals surface area contributed by atoms with Gasteiger partial charge in [-0.2, -0.15) is 0 Å². The van der Waals surface area contributed by atoms with Crippen LogP contribution in [0.4, 0.5) is 5.69 Å². The smallest absolute Gasteiger partial charge is 0.220 e. The Balaban J connectivity index is 1.49.